The fourth-order valence-corrected chi connectivity index (χ4v) is 7.52. The number of para-hydroxylation sites is 1. The number of anilines is 1. The van der Waals surface area contributed by atoms with Crippen LogP contribution in [0.5, 0.6) is 0 Å². The molecule has 158 valence electrons. The molecule has 1 saturated carbocycles. The number of hydrogen-bond donors (Lipinski definition) is 2. The monoisotopic (exact) mass is 416 g/mol. The second kappa shape index (κ2) is 6.98. The van der Waals surface area contributed by atoms with E-state index in [1.165, 1.54) is 25.7 Å². The molecule has 0 radical (unpaired) electrons. The molecule has 1 saturated heterocycles. The predicted molar refractivity (Wildman–Crippen MR) is 117 cm³/mol. The summed E-state index contributed by atoms with van der Waals surface area (Å²) in [6, 6.07) is 5.89. The molecular formula is C24H33ClN2O2. The molecule has 2 fully saturated rings. The largest absolute Gasteiger partial charge is 0.380 e. The van der Waals surface area contributed by atoms with E-state index in [0.717, 1.165) is 24.2 Å². The second-order valence-electron chi connectivity index (χ2n) is 9.84. The third-order valence-corrected chi connectivity index (χ3v) is 8.81. The normalized spacial score (nSPS) is 41.2. The smallest absolute Gasteiger partial charge is 0.170 e. The number of halogens is 1. The first-order chi connectivity index (χ1) is 13.9. The van der Waals surface area contributed by atoms with E-state index in [9.17, 15) is 5.11 Å². The van der Waals surface area contributed by atoms with Crippen LogP contribution in [0.4, 0.5) is 5.69 Å². The number of nitrogens with zero attached hydrogens (tertiary/aromatic N) is 1. The zero-order valence-corrected chi connectivity index (χ0v) is 18.5. The van der Waals surface area contributed by atoms with Gasteiger partial charge in [-0.2, -0.15) is 0 Å². The first-order valence-corrected chi connectivity index (χ1v) is 11.6. The van der Waals surface area contributed by atoms with Gasteiger partial charge in [0.1, 0.15) is 5.60 Å². The number of nitrogens with one attached hydrogen (secondary N) is 1. The molecule has 0 amide bonds. The Balaban J connectivity index is 1.70. The highest BCUT2D eigenvalue weighted by Gasteiger charge is 2.69. The summed E-state index contributed by atoms with van der Waals surface area (Å²) < 4.78 is 0. The van der Waals surface area contributed by atoms with Crippen LogP contribution in [0.1, 0.15) is 51.5 Å². The van der Waals surface area contributed by atoms with Gasteiger partial charge in [0, 0.05) is 24.6 Å². The van der Waals surface area contributed by atoms with Gasteiger partial charge in [-0.3, -0.25) is 15.2 Å². The van der Waals surface area contributed by atoms with Crippen LogP contribution >= 0.6 is 11.6 Å². The van der Waals surface area contributed by atoms with Crippen molar-refractivity contribution in [1.29, 1.82) is 0 Å². The summed E-state index contributed by atoms with van der Waals surface area (Å²) in [6.07, 6.45) is 10.6. The minimum absolute atomic E-state index is 0.294. The second-order valence-corrected chi connectivity index (χ2v) is 10.3. The van der Waals surface area contributed by atoms with Gasteiger partial charge in [-0.25, -0.2) is 0 Å². The van der Waals surface area contributed by atoms with Crippen LogP contribution in [0.3, 0.4) is 0 Å². The summed E-state index contributed by atoms with van der Waals surface area (Å²) in [5.41, 5.74) is 0.271. The van der Waals surface area contributed by atoms with Gasteiger partial charge in [-0.05, 0) is 49.0 Å². The van der Waals surface area contributed by atoms with E-state index >= 15 is 0 Å². The Bertz CT molecular complexity index is 827. The molecule has 0 spiro atoms. The zero-order valence-electron chi connectivity index (χ0n) is 17.7. The van der Waals surface area contributed by atoms with Crippen LogP contribution in [0.15, 0.2) is 30.4 Å². The van der Waals surface area contributed by atoms with E-state index in [4.69, 9.17) is 16.4 Å². The van der Waals surface area contributed by atoms with Crippen molar-refractivity contribution in [2.75, 3.05) is 18.7 Å². The fourth-order valence-electron chi connectivity index (χ4n) is 7.23. The number of aliphatic hydroxyl groups is 1. The average Bonchev–Trinajstić information content (AvgIpc) is 3.02. The molecule has 5 rings (SSSR count). The van der Waals surface area contributed by atoms with Gasteiger partial charge in [0.25, 0.3) is 0 Å². The third kappa shape index (κ3) is 2.56. The molecule has 0 aromatic heterocycles. The van der Waals surface area contributed by atoms with Gasteiger partial charge < -0.3 is 5.11 Å². The highest BCUT2D eigenvalue weighted by atomic mass is 35.5. The summed E-state index contributed by atoms with van der Waals surface area (Å²) in [7, 11) is 1.88. The number of fused-ring (bicyclic) bond motifs is 4. The van der Waals surface area contributed by atoms with Crippen molar-refractivity contribution in [3.05, 3.63) is 40.9 Å². The lowest BCUT2D eigenvalue weighted by atomic mass is 9.50. The fraction of sp³-hybridized carbons (Fsp3) is 0.667. The van der Waals surface area contributed by atoms with E-state index in [-0.39, 0.29) is 5.41 Å². The van der Waals surface area contributed by atoms with Gasteiger partial charge >= 0.3 is 0 Å². The molecule has 2 aliphatic carbocycles. The highest BCUT2D eigenvalue weighted by Crippen LogP contribution is 2.64. The quantitative estimate of drug-likeness (QED) is 0.675. The Morgan fingerprint density at radius 1 is 1.28 bits per heavy atom. The summed E-state index contributed by atoms with van der Waals surface area (Å²) in [5.74, 6) is 1.98. The van der Waals surface area contributed by atoms with Crippen molar-refractivity contribution < 1.29 is 9.94 Å². The van der Waals surface area contributed by atoms with Gasteiger partial charge in [0.15, 0.2) is 6.23 Å². The number of benzene rings is 1. The molecule has 29 heavy (non-hydrogen) atoms. The summed E-state index contributed by atoms with van der Waals surface area (Å²) in [5, 5.41) is 18.6. The van der Waals surface area contributed by atoms with Crippen molar-refractivity contribution in [2.24, 2.45) is 29.1 Å². The minimum atomic E-state index is -1.12. The SMILES string of the molecule is CC(C)C1(C2CC=CC3CCCCC32)CN[C@@H]2ON(C)c3c(Cl)cccc3[C@@]21O. The van der Waals surface area contributed by atoms with E-state index in [2.05, 4.69) is 31.3 Å². The van der Waals surface area contributed by atoms with Crippen LogP contribution in [-0.4, -0.2) is 24.9 Å². The van der Waals surface area contributed by atoms with Crippen molar-refractivity contribution in [3.63, 3.8) is 0 Å². The molecule has 1 aromatic rings. The molecule has 4 aliphatic rings. The van der Waals surface area contributed by atoms with Gasteiger partial charge in [0.05, 0.1) is 10.7 Å². The Morgan fingerprint density at radius 3 is 2.86 bits per heavy atom. The van der Waals surface area contributed by atoms with Crippen molar-refractivity contribution >= 4 is 17.3 Å². The molecule has 4 unspecified atom stereocenters. The van der Waals surface area contributed by atoms with E-state index in [0.29, 0.717) is 28.7 Å². The average molecular weight is 417 g/mol. The Morgan fingerprint density at radius 2 is 2.07 bits per heavy atom. The van der Waals surface area contributed by atoms with E-state index in [1.807, 2.05) is 25.2 Å². The van der Waals surface area contributed by atoms with Crippen LogP contribution in [0.25, 0.3) is 0 Å². The predicted octanol–water partition coefficient (Wildman–Crippen LogP) is 4.86. The maximum atomic E-state index is 12.6. The molecular weight excluding hydrogens is 384 g/mol. The van der Waals surface area contributed by atoms with Crippen LogP contribution in [-0.2, 0) is 10.4 Å². The lowest BCUT2D eigenvalue weighted by Crippen LogP contribution is -2.61. The molecule has 2 aliphatic heterocycles. The lowest BCUT2D eigenvalue weighted by molar-refractivity contribution is -0.205. The minimum Gasteiger partial charge on any atom is -0.380 e. The topological polar surface area (TPSA) is 44.7 Å². The summed E-state index contributed by atoms with van der Waals surface area (Å²) >= 11 is 6.59. The molecule has 5 heteroatoms. The molecule has 6 atom stereocenters. The number of allylic oxidation sites excluding steroid dienone is 2. The van der Waals surface area contributed by atoms with Crippen molar-refractivity contribution in [3.8, 4) is 0 Å². The molecule has 1 aromatic carbocycles. The third-order valence-electron chi connectivity index (χ3n) is 8.50. The Kier molecular flexibility index (Phi) is 4.78. The van der Waals surface area contributed by atoms with E-state index < -0.39 is 11.8 Å². The Hall–Kier alpha value is -1.07. The van der Waals surface area contributed by atoms with E-state index in [1.54, 1.807) is 5.06 Å². The molecule has 4 nitrogen and oxygen atoms in total. The first kappa shape index (κ1) is 19.9. The maximum absolute atomic E-state index is 12.6. The summed E-state index contributed by atoms with van der Waals surface area (Å²) in [6.45, 7) is 5.31. The van der Waals surface area contributed by atoms with Crippen molar-refractivity contribution in [2.45, 2.75) is 57.8 Å². The molecule has 0 bridgehead atoms. The molecule has 2 heterocycles. The van der Waals surface area contributed by atoms with Crippen LogP contribution in [0.2, 0.25) is 5.02 Å². The molecule has 2 N–H and O–H groups in total. The highest BCUT2D eigenvalue weighted by molar-refractivity contribution is 6.33. The maximum Gasteiger partial charge on any atom is 0.170 e. The number of hydrogen-bond acceptors (Lipinski definition) is 4. The summed E-state index contributed by atoms with van der Waals surface area (Å²) in [4.78, 5) is 6.22. The van der Waals surface area contributed by atoms with Gasteiger partial charge in [0.2, 0.25) is 0 Å². The van der Waals surface area contributed by atoms with Gasteiger partial charge in [-0.15, -0.1) is 0 Å². The first-order valence-electron chi connectivity index (χ1n) is 11.2. The number of hydroxylamine groups is 1. The van der Waals surface area contributed by atoms with Gasteiger partial charge in [-0.1, -0.05) is 62.6 Å². The number of rotatable bonds is 2. The van der Waals surface area contributed by atoms with Crippen molar-refractivity contribution in [1.82, 2.24) is 5.32 Å². The van der Waals surface area contributed by atoms with Crippen LogP contribution < -0.4 is 10.4 Å². The standard InChI is InChI=1S/C24H33ClN2O2/c1-15(2)23(18-11-6-9-16-8-4-5-10-17(16)18)14-26-22-24(23,28)19-12-7-13-20(25)21(19)27(3)29-22/h6-7,9,12-13,15-18,22,26,28H,4-5,8,10-11,14H2,1-3H3/t16?,17?,18?,22-,23?,24-/m1/s1. The Labute approximate surface area is 179 Å². The lowest BCUT2D eigenvalue weighted by Gasteiger charge is -2.57. The van der Waals surface area contributed by atoms with Crippen LogP contribution in [0, 0.1) is 29.1 Å². The zero-order chi connectivity index (χ0) is 20.4.